The van der Waals surface area contributed by atoms with Gasteiger partial charge in [-0.2, -0.15) is 4.39 Å². The van der Waals surface area contributed by atoms with Gasteiger partial charge in [-0.3, -0.25) is 14.3 Å². The van der Waals surface area contributed by atoms with Gasteiger partial charge in [-0.05, 0) is 0 Å². The van der Waals surface area contributed by atoms with Crippen LogP contribution in [0.3, 0.4) is 0 Å². The molecule has 11 nitrogen and oxygen atoms in total. The van der Waals surface area contributed by atoms with Crippen LogP contribution in [0.25, 0.3) is 0 Å². The fourth-order valence-electron chi connectivity index (χ4n) is 2.90. The van der Waals surface area contributed by atoms with Crippen molar-refractivity contribution in [2.24, 2.45) is 0 Å². The number of aliphatic hydroxyl groups excluding tert-OH is 4. The highest BCUT2D eigenvalue weighted by Crippen LogP contribution is 2.29. The lowest BCUT2D eigenvalue weighted by Gasteiger charge is -2.20. The lowest BCUT2D eigenvalue weighted by molar-refractivity contribution is -0.190. The van der Waals surface area contributed by atoms with Crippen LogP contribution in [-0.4, -0.2) is 80.0 Å². The van der Waals surface area contributed by atoms with Gasteiger partial charge in [0.25, 0.3) is 5.56 Å². The summed E-state index contributed by atoms with van der Waals surface area (Å²) in [5.74, 6) is -1.17. The van der Waals surface area contributed by atoms with Crippen LogP contribution in [0.4, 0.5) is 4.39 Å². The maximum absolute atomic E-state index is 13.4. The third kappa shape index (κ3) is 3.57. The van der Waals surface area contributed by atoms with E-state index in [4.69, 9.17) is 19.3 Å². The third-order valence-corrected chi connectivity index (χ3v) is 4.36. The summed E-state index contributed by atoms with van der Waals surface area (Å²) in [5, 5.41) is 38.5. The topological polar surface area (TPSA) is 163 Å². The SMILES string of the molecule is O=c1[nH]c(=O)n([C@H]2C[C@H](O)[C@@H](COC3O[C@H](CO)[C@@H](O)[C@H]3O)O2)cc1F. The Morgan fingerprint density at radius 2 is 1.96 bits per heavy atom. The highest BCUT2D eigenvalue weighted by Gasteiger charge is 2.44. The van der Waals surface area contributed by atoms with E-state index in [9.17, 15) is 29.3 Å². The van der Waals surface area contributed by atoms with Crippen LogP contribution in [0.1, 0.15) is 12.6 Å². The molecule has 1 aromatic heterocycles. The van der Waals surface area contributed by atoms with Gasteiger partial charge in [0, 0.05) is 6.42 Å². The molecule has 7 atom stereocenters. The molecule has 1 unspecified atom stereocenters. The average Bonchev–Trinajstić information content (AvgIpc) is 3.10. The minimum Gasteiger partial charge on any atom is -0.394 e. The van der Waals surface area contributed by atoms with Gasteiger partial charge in [-0.1, -0.05) is 0 Å². The molecular formula is C14H19FN2O9. The van der Waals surface area contributed by atoms with Crippen molar-refractivity contribution in [2.45, 2.75) is 49.5 Å². The van der Waals surface area contributed by atoms with Crippen LogP contribution < -0.4 is 11.2 Å². The van der Waals surface area contributed by atoms with Crippen LogP contribution in [0.15, 0.2) is 15.8 Å². The molecule has 1 aromatic rings. The van der Waals surface area contributed by atoms with Gasteiger partial charge in [-0.15, -0.1) is 0 Å². The first-order chi connectivity index (χ1) is 12.3. The molecule has 3 rings (SSSR count). The van der Waals surface area contributed by atoms with Crippen molar-refractivity contribution >= 4 is 0 Å². The van der Waals surface area contributed by atoms with E-state index in [1.165, 1.54) is 0 Å². The summed E-state index contributed by atoms with van der Waals surface area (Å²) < 4.78 is 30.1. The quantitative estimate of drug-likeness (QED) is 0.355. The maximum Gasteiger partial charge on any atom is 0.330 e. The molecule has 0 amide bonds. The Hall–Kier alpha value is -1.67. The number of aromatic nitrogens is 2. The highest BCUT2D eigenvalue weighted by atomic mass is 19.1. The van der Waals surface area contributed by atoms with Gasteiger partial charge in [0.05, 0.1) is 25.5 Å². The Morgan fingerprint density at radius 3 is 2.62 bits per heavy atom. The van der Waals surface area contributed by atoms with Crippen LogP contribution in [-0.2, 0) is 14.2 Å². The molecule has 2 aliphatic rings. The number of rotatable bonds is 5. The summed E-state index contributed by atoms with van der Waals surface area (Å²) in [6.45, 7) is -0.770. The Balaban J connectivity index is 1.62. The van der Waals surface area contributed by atoms with E-state index < -0.39 is 66.7 Å². The molecule has 2 aliphatic heterocycles. The summed E-state index contributed by atoms with van der Waals surface area (Å²) in [6, 6.07) is 0. The minimum atomic E-state index is -1.39. The van der Waals surface area contributed by atoms with E-state index in [1.54, 1.807) is 4.98 Å². The largest absolute Gasteiger partial charge is 0.394 e. The van der Waals surface area contributed by atoms with Crippen molar-refractivity contribution in [3.63, 3.8) is 0 Å². The standard InChI is InChI=1S/C14H19FN2O9/c15-5-2-17(14(23)16-12(5)22)9-1-6(19)8(25-9)4-24-13-11(21)10(20)7(3-18)26-13/h2,6-11,13,18-21H,1,3-4H2,(H,16,22,23)/t6-,7+,8+,9+,10+,11+,13?/m0/s1. The van der Waals surface area contributed by atoms with E-state index in [0.29, 0.717) is 6.20 Å². The molecule has 2 saturated heterocycles. The number of ether oxygens (including phenoxy) is 3. The van der Waals surface area contributed by atoms with Crippen LogP contribution in [0.2, 0.25) is 0 Å². The predicted octanol–water partition coefficient (Wildman–Crippen LogP) is -3.22. The first kappa shape index (κ1) is 19.1. The van der Waals surface area contributed by atoms with E-state index in [0.717, 1.165) is 4.57 Å². The average molecular weight is 378 g/mol. The van der Waals surface area contributed by atoms with Gasteiger partial charge in [0.1, 0.15) is 30.6 Å². The fraction of sp³-hybridized carbons (Fsp3) is 0.714. The number of hydrogen-bond donors (Lipinski definition) is 5. The molecule has 0 saturated carbocycles. The third-order valence-electron chi connectivity index (χ3n) is 4.36. The second-order valence-corrected chi connectivity index (χ2v) is 6.12. The number of hydrogen-bond acceptors (Lipinski definition) is 9. The molecule has 2 fully saturated rings. The molecule has 26 heavy (non-hydrogen) atoms. The van der Waals surface area contributed by atoms with Crippen LogP contribution >= 0.6 is 0 Å². The normalized spacial score (nSPS) is 37.3. The van der Waals surface area contributed by atoms with Crippen molar-refractivity contribution in [3.8, 4) is 0 Å². The molecule has 0 radical (unpaired) electrons. The molecule has 12 heteroatoms. The van der Waals surface area contributed by atoms with Crippen LogP contribution in [0, 0.1) is 5.82 Å². The summed E-state index contributed by atoms with van der Waals surface area (Å²) in [6.07, 6.45) is -7.34. The summed E-state index contributed by atoms with van der Waals surface area (Å²) >= 11 is 0. The Bertz CT molecular complexity index is 753. The zero-order chi connectivity index (χ0) is 19.0. The van der Waals surface area contributed by atoms with Gasteiger partial charge in [-0.25, -0.2) is 4.79 Å². The zero-order valence-electron chi connectivity index (χ0n) is 13.4. The van der Waals surface area contributed by atoms with Crippen molar-refractivity contribution in [1.82, 2.24) is 9.55 Å². The lowest BCUT2D eigenvalue weighted by atomic mass is 10.1. The molecule has 0 aliphatic carbocycles. The van der Waals surface area contributed by atoms with E-state index in [2.05, 4.69) is 0 Å². The van der Waals surface area contributed by atoms with E-state index in [1.807, 2.05) is 0 Å². The highest BCUT2D eigenvalue weighted by molar-refractivity contribution is 4.91. The van der Waals surface area contributed by atoms with Crippen molar-refractivity contribution in [3.05, 3.63) is 32.9 Å². The zero-order valence-corrected chi connectivity index (χ0v) is 13.4. The van der Waals surface area contributed by atoms with Crippen LogP contribution in [0.5, 0.6) is 0 Å². The second kappa shape index (κ2) is 7.52. The van der Waals surface area contributed by atoms with Gasteiger partial charge in [0.2, 0.25) is 5.82 Å². The molecule has 5 N–H and O–H groups in total. The van der Waals surface area contributed by atoms with Gasteiger partial charge < -0.3 is 34.6 Å². The first-order valence-corrected chi connectivity index (χ1v) is 7.90. The number of aromatic amines is 1. The monoisotopic (exact) mass is 378 g/mol. The summed E-state index contributed by atoms with van der Waals surface area (Å²) in [4.78, 5) is 24.6. The number of H-pyrrole nitrogens is 1. The molecular weight excluding hydrogens is 359 g/mol. The van der Waals surface area contributed by atoms with E-state index >= 15 is 0 Å². The summed E-state index contributed by atoms with van der Waals surface area (Å²) in [5.41, 5.74) is -2.05. The fourth-order valence-corrected chi connectivity index (χ4v) is 2.90. The van der Waals surface area contributed by atoms with E-state index in [-0.39, 0.29) is 13.0 Å². The molecule has 0 spiro atoms. The van der Waals surface area contributed by atoms with Crippen molar-refractivity contribution < 1.29 is 39.0 Å². The smallest absolute Gasteiger partial charge is 0.330 e. The first-order valence-electron chi connectivity index (χ1n) is 7.90. The summed E-state index contributed by atoms with van der Waals surface area (Å²) in [7, 11) is 0. The predicted molar refractivity (Wildman–Crippen MR) is 79.5 cm³/mol. The Labute approximate surface area is 145 Å². The minimum absolute atomic E-state index is 0.0601. The molecule has 146 valence electrons. The van der Waals surface area contributed by atoms with Gasteiger partial charge >= 0.3 is 5.69 Å². The molecule has 3 heterocycles. The second-order valence-electron chi connectivity index (χ2n) is 6.12. The molecule has 0 aromatic carbocycles. The van der Waals surface area contributed by atoms with Gasteiger partial charge in [0.15, 0.2) is 6.29 Å². The van der Waals surface area contributed by atoms with Crippen molar-refractivity contribution in [1.29, 1.82) is 0 Å². The number of aliphatic hydroxyl groups is 4. The Kier molecular flexibility index (Phi) is 5.53. The maximum atomic E-state index is 13.4. The lowest BCUT2D eigenvalue weighted by Crippen LogP contribution is -2.37. The number of nitrogens with one attached hydrogen (secondary N) is 1. The number of halogens is 1. The number of nitrogens with zero attached hydrogens (tertiary/aromatic N) is 1. The molecule has 0 bridgehead atoms. The Morgan fingerprint density at radius 1 is 1.23 bits per heavy atom. The van der Waals surface area contributed by atoms with Crippen molar-refractivity contribution in [2.75, 3.05) is 13.2 Å².